The number of hydrogen-bond donors (Lipinski definition) is 0. The molecule has 0 saturated carbocycles. The molecule has 0 bridgehead atoms. The van der Waals surface area contributed by atoms with Gasteiger partial charge in [-0.25, -0.2) is 4.79 Å². The monoisotopic (exact) mass is 417 g/mol. The Bertz CT molecular complexity index is 749. The van der Waals surface area contributed by atoms with E-state index in [1.807, 2.05) is 0 Å². The van der Waals surface area contributed by atoms with Gasteiger partial charge in [0.2, 0.25) is 0 Å². The lowest BCUT2D eigenvalue weighted by Crippen LogP contribution is -2.02. The fourth-order valence-corrected chi connectivity index (χ4v) is 3.24. The third-order valence-electron chi connectivity index (χ3n) is 2.71. The molecule has 116 valence electrons. The maximum absolute atomic E-state index is 11.5. The molecule has 1 heterocycles. The van der Waals surface area contributed by atoms with Crippen LogP contribution < -0.4 is 0 Å². The summed E-state index contributed by atoms with van der Waals surface area (Å²) in [6, 6.07) is 1.37. The minimum Gasteiger partial charge on any atom is -0.465 e. The summed E-state index contributed by atoms with van der Waals surface area (Å²) < 4.78 is 4.59. The number of hydrogen-bond acceptors (Lipinski definition) is 3. The van der Waals surface area contributed by atoms with Crippen molar-refractivity contribution in [1.82, 2.24) is 4.98 Å². The molecule has 0 radical (unpaired) electrons. The standard InChI is InChI=1S/C13H5Cl6NO2/c1-22-13(21)4-2-5(14)12(20-3-4)6-7(15)9(17)11(19)10(18)8(6)16/h2-3H,1H3. The Hall–Kier alpha value is -0.420. The molecule has 0 atom stereocenters. The summed E-state index contributed by atoms with van der Waals surface area (Å²) >= 11 is 36.4. The highest BCUT2D eigenvalue weighted by Crippen LogP contribution is 2.48. The number of rotatable bonds is 2. The molecule has 9 heteroatoms. The van der Waals surface area contributed by atoms with Gasteiger partial charge in [-0.2, -0.15) is 0 Å². The molecule has 2 aromatic rings. The molecule has 0 N–H and O–H groups in total. The van der Waals surface area contributed by atoms with E-state index in [-0.39, 0.29) is 47.0 Å². The number of aromatic nitrogens is 1. The zero-order valence-corrected chi connectivity index (χ0v) is 15.2. The first-order valence-corrected chi connectivity index (χ1v) is 7.82. The molecule has 0 saturated heterocycles. The van der Waals surface area contributed by atoms with Gasteiger partial charge in [-0.3, -0.25) is 4.98 Å². The predicted octanol–water partition coefficient (Wildman–Crippen LogP) is 6.46. The highest BCUT2D eigenvalue weighted by atomic mass is 35.5. The van der Waals surface area contributed by atoms with Crippen LogP contribution in [0.15, 0.2) is 12.3 Å². The fraction of sp³-hybridized carbons (Fsp3) is 0.0769. The first-order chi connectivity index (χ1) is 10.3. The van der Waals surface area contributed by atoms with E-state index in [0.29, 0.717) is 0 Å². The van der Waals surface area contributed by atoms with E-state index >= 15 is 0 Å². The van der Waals surface area contributed by atoms with Crippen LogP contribution in [0.3, 0.4) is 0 Å². The van der Waals surface area contributed by atoms with E-state index < -0.39 is 5.97 Å². The maximum Gasteiger partial charge on any atom is 0.339 e. The topological polar surface area (TPSA) is 39.2 Å². The first-order valence-electron chi connectivity index (χ1n) is 5.55. The molecule has 22 heavy (non-hydrogen) atoms. The van der Waals surface area contributed by atoms with Crippen molar-refractivity contribution in [1.29, 1.82) is 0 Å². The average Bonchev–Trinajstić information content (AvgIpc) is 2.51. The van der Waals surface area contributed by atoms with Gasteiger partial charge >= 0.3 is 5.97 Å². The largest absolute Gasteiger partial charge is 0.465 e. The van der Waals surface area contributed by atoms with Crippen molar-refractivity contribution < 1.29 is 9.53 Å². The zero-order chi connectivity index (χ0) is 16.6. The molecule has 1 aromatic carbocycles. The van der Waals surface area contributed by atoms with E-state index in [4.69, 9.17) is 69.6 Å². The van der Waals surface area contributed by atoms with Gasteiger partial charge in [0, 0.05) is 11.8 Å². The number of pyridine rings is 1. The van der Waals surface area contributed by atoms with Crippen molar-refractivity contribution in [2.75, 3.05) is 7.11 Å². The van der Waals surface area contributed by atoms with Crippen molar-refractivity contribution >= 4 is 75.6 Å². The van der Waals surface area contributed by atoms with Crippen molar-refractivity contribution in [3.8, 4) is 11.3 Å². The molecular formula is C13H5Cl6NO2. The number of carbonyl (C=O) groups excluding carboxylic acids is 1. The third-order valence-corrected chi connectivity index (χ3v) is 5.27. The van der Waals surface area contributed by atoms with Crippen LogP contribution in [0.1, 0.15) is 10.4 Å². The Labute approximate surface area is 156 Å². The summed E-state index contributed by atoms with van der Waals surface area (Å²) in [5, 5.41) is 0.332. The predicted molar refractivity (Wildman–Crippen MR) is 91.1 cm³/mol. The molecule has 0 aliphatic rings. The van der Waals surface area contributed by atoms with Crippen LogP contribution in [0.2, 0.25) is 30.1 Å². The molecule has 0 aliphatic carbocycles. The lowest BCUT2D eigenvalue weighted by Gasteiger charge is -2.13. The number of ether oxygens (including phenoxy) is 1. The molecule has 0 spiro atoms. The number of methoxy groups -OCH3 is 1. The van der Waals surface area contributed by atoms with Crippen LogP contribution in [0.25, 0.3) is 11.3 Å². The first kappa shape index (κ1) is 17.9. The molecule has 1 aromatic heterocycles. The second-order valence-electron chi connectivity index (χ2n) is 3.99. The fourth-order valence-electron chi connectivity index (χ4n) is 1.66. The lowest BCUT2D eigenvalue weighted by atomic mass is 10.1. The van der Waals surface area contributed by atoms with Gasteiger partial charge in [-0.1, -0.05) is 69.6 Å². The Balaban J connectivity index is 2.70. The van der Waals surface area contributed by atoms with Gasteiger partial charge in [0.25, 0.3) is 0 Å². The summed E-state index contributed by atoms with van der Waals surface area (Å²) in [5.74, 6) is -0.578. The molecule has 0 aliphatic heterocycles. The summed E-state index contributed by atoms with van der Waals surface area (Å²) in [4.78, 5) is 15.6. The van der Waals surface area contributed by atoms with E-state index in [2.05, 4.69) is 9.72 Å². The van der Waals surface area contributed by atoms with Gasteiger partial charge in [0.1, 0.15) is 0 Å². The average molecular weight is 420 g/mol. The smallest absolute Gasteiger partial charge is 0.339 e. The van der Waals surface area contributed by atoms with Crippen molar-refractivity contribution in [2.24, 2.45) is 0 Å². The van der Waals surface area contributed by atoms with Crippen LogP contribution in [-0.2, 0) is 4.74 Å². The molecule has 0 unspecified atom stereocenters. The third kappa shape index (κ3) is 3.12. The van der Waals surface area contributed by atoms with E-state index in [0.717, 1.165) is 0 Å². The highest BCUT2D eigenvalue weighted by Gasteiger charge is 2.23. The lowest BCUT2D eigenvalue weighted by molar-refractivity contribution is 0.0600. The number of carbonyl (C=O) groups is 1. The van der Waals surface area contributed by atoms with Crippen LogP contribution in [-0.4, -0.2) is 18.1 Å². The van der Waals surface area contributed by atoms with Gasteiger partial charge in [-0.15, -0.1) is 0 Å². The molecule has 0 fully saturated rings. The second-order valence-corrected chi connectivity index (χ2v) is 6.29. The van der Waals surface area contributed by atoms with Crippen LogP contribution in [0, 0.1) is 0 Å². The Morgan fingerprint density at radius 1 is 0.955 bits per heavy atom. The van der Waals surface area contributed by atoms with Crippen molar-refractivity contribution in [3.63, 3.8) is 0 Å². The second kappa shape index (κ2) is 7.00. The van der Waals surface area contributed by atoms with Gasteiger partial charge in [0.15, 0.2) is 0 Å². The van der Waals surface area contributed by atoms with Gasteiger partial charge in [0.05, 0.1) is 48.5 Å². The zero-order valence-electron chi connectivity index (χ0n) is 10.7. The number of nitrogens with zero attached hydrogens (tertiary/aromatic N) is 1. The van der Waals surface area contributed by atoms with Crippen molar-refractivity contribution in [2.45, 2.75) is 0 Å². The molecular weight excluding hydrogens is 415 g/mol. The number of halogens is 6. The van der Waals surface area contributed by atoms with Crippen LogP contribution in [0.4, 0.5) is 0 Å². The summed E-state index contributed by atoms with van der Waals surface area (Å²) in [6.07, 6.45) is 1.27. The summed E-state index contributed by atoms with van der Waals surface area (Å²) in [6.45, 7) is 0. The minimum atomic E-state index is -0.578. The molecule has 3 nitrogen and oxygen atoms in total. The van der Waals surface area contributed by atoms with Gasteiger partial charge < -0.3 is 4.74 Å². The van der Waals surface area contributed by atoms with Crippen LogP contribution in [0.5, 0.6) is 0 Å². The van der Waals surface area contributed by atoms with E-state index in [1.54, 1.807) is 0 Å². The Morgan fingerprint density at radius 3 is 1.91 bits per heavy atom. The summed E-state index contributed by atoms with van der Waals surface area (Å²) in [7, 11) is 1.25. The highest BCUT2D eigenvalue weighted by molar-refractivity contribution is 6.56. The molecule has 0 amide bonds. The maximum atomic E-state index is 11.5. The van der Waals surface area contributed by atoms with Crippen LogP contribution >= 0.6 is 69.6 Å². The van der Waals surface area contributed by atoms with E-state index in [1.165, 1.54) is 19.4 Å². The van der Waals surface area contributed by atoms with Gasteiger partial charge in [-0.05, 0) is 6.07 Å². The normalized spacial score (nSPS) is 10.7. The van der Waals surface area contributed by atoms with E-state index in [9.17, 15) is 4.79 Å². The number of esters is 1. The summed E-state index contributed by atoms with van der Waals surface area (Å²) in [5.41, 5.74) is 0.614. The molecule has 2 rings (SSSR count). The SMILES string of the molecule is COC(=O)c1cnc(-c2c(Cl)c(Cl)c(Cl)c(Cl)c2Cl)c(Cl)c1. The Kier molecular flexibility index (Phi) is 5.70. The van der Waals surface area contributed by atoms with Crippen molar-refractivity contribution in [3.05, 3.63) is 48.0 Å². The number of benzene rings is 1. The Morgan fingerprint density at radius 2 is 1.45 bits per heavy atom. The quantitative estimate of drug-likeness (QED) is 0.318. The minimum absolute atomic E-state index is 0.0302.